The zero-order valence-corrected chi connectivity index (χ0v) is 27.4. The second kappa shape index (κ2) is 20.7. The Labute approximate surface area is 267 Å². The highest BCUT2D eigenvalue weighted by molar-refractivity contribution is 5.72. The molecule has 0 unspecified atom stereocenters. The molecule has 13 heteroatoms. The van der Waals surface area contributed by atoms with Gasteiger partial charge in [-0.05, 0) is 33.1 Å². The molecular formula is C32H58O13. The van der Waals surface area contributed by atoms with E-state index in [-0.39, 0.29) is 12.8 Å². The molecule has 45 heavy (non-hydrogen) atoms. The Morgan fingerprint density at radius 1 is 0.644 bits per heavy atom. The number of aliphatic hydroxyl groups is 5. The molecule has 2 aliphatic heterocycles. The molecule has 2 aliphatic rings. The van der Waals surface area contributed by atoms with E-state index in [1.54, 1.807) is 6.92 Å². The van der Waals surface area contributed by atoms with Crippen LogP contribution in [0.2, 0.25) is 0 Å². The summed E-state index contributed by atoms with van der Waals surface area (Å²) in [6.45, 7) is 7.24. The van der Waals surface area contributed by atoms with Crippen LogP contribution in [-0.2, 0) is 33.3 Å². The Bertz CT molecular complexity index is 844. The van der Waals surface area contributed by atoms with Gasteiger partial charge < -0.3 is 54.3 Å². The second-order valence-corrected chi connectivity index (χ2v) is 12.6. The van der Waals surface area contributed by atoms with Crippen molar-refractivity contribution >= 4 is 11.9 Å². The molecule has 0 aromatic heterocycles. The quantitative estimate of drug-likeness (QED) is 0.0782. The third-order valence-corrected chi connectivity index (χ3v) is 8.56. The van der Waals surface area contributed by atoms with E-state index >= 15 is 0 Å². The molecule has 2 saturated heterocycles. The van der Waals surface area contributed by atoms with Gasteiger partial charge in [0.2, 0.25) is 0 Å². The summed E-state index contributed by atoms with van der Waals surface area (Å²) in [5.74, 6) is -1.67. The van der Waals surface area contributed by atoms with Crippen LogP contribution in [0.3, 0.4) is 0 Å². The van der Waals surface area contributed by atoms with E-state index in [1.807, 2.05) is 0 Å². The van der Waals surface area contributed by atoms with Crippen LogP contribution < -0.4 is 0 Å². The number of esters is 1. The van der Waals surface area contributed by atoms with Crippen molar-refractivity contribution in [1.29, 1.82) is 0 Å². The summed E-state index contributed by atoms with van der Waals surface area (Å²) in [6.07, 6.45) is -5.07. The molecule has 2 heterocycles. The van der Waals surface area contributed by atoms with Crippen molar-refractivity contribution in [3.63, 3.8) is 0 Å². The van der Waals surface area contributed by atoms with E-state index in [4.69, 9.17) is 23.7 Å². The van der Waals surface area contributed by atoms with E-state index in [1.165, 1.54) is 6.92 Å². The first kappa shape index (κ1) is 39.8. The van der Waals surface area contributed by atoms with Crippen LogP contribution in [0.4, 0.5) is 0 Å². The zero-order valence-electron chi connectivity index (χ0n) is 27.4. The number of carboxylic acids is 1. The van der Waals surface area contributed by atoms with E-state index in [0.29, 0.717) is 12.8 Å². The fourth-order valence-corrected chi connectivity index (χ4v) is 5.71. The second-order valence-electron chi connectivity index (χ2n) is 12.6. The summed E-state index contributed by atoms with van der Waals surface area (Å²) in [7, 11) is 0. The highest BCUT2D eigenvalue weighted by Crippen LogP contribution is 2.31. The molecule has 0 aromatic carbocycles. The molecule has 264 valence electrons. The Morgan fingerprint density at radius 3 is 1.71 bits per heavy atom. The summed E-state index contributed by atoms with van der Waals surface area (Å²) < 4.78 is 29.1. The van der Waals surface area contributed by atoms with Gasteiger partial charge in [0.15, 0.2) is 12.6 Å². The van der Waals surface area contributed by atoms with Crippen LogP contribution in [0.1, 0.15) is 118 Å². The Hall–Kier alpha value is -1.42. The van der Waals surface area contributed by atoms with E-state index in [9.17, 15) is 40.2 Å². The molecule has 13 nitrogen and oxygen atoms in total. The third kappa shape index (κ3) is 13.3. The molecule has 0 aromatic rings. The lowest BCUT2D eigenvalue weighted by atomic mass is 9.97. The van der Waals surface area contributed by atoms with Gasteiger partial charge in [0, 0.05) is 0 Å². The summed E-state index contributed by atoms with van der Waals surface area (Å²) in [4.78, 5) is 24.6. The first-order chi connectivity index (χ1) is 21.4. The maximum Gasteiger partial charge on any atom is 0.308 e. The maximum atomic E-state index is 13.1. The molecule has 2 rings (SSSR count). The lowest BCUT2D eigenvalue weighted by Gasteiger charge is -2.46. The van der Waals surface area contributed by atoms with Crippen LogP contribution in [0.15, 0.2) is 0 Å². The predicted octanol–water partition coefficient (Wildman–Crippen LogP) is 2.55. The topological polar surface area (TPSA) is 202 Å². The molecule has 0 radical (unpaired) electrons. The van der Waals surface area contributed by atoms with E-state index in [2.05, 4.69) is 13.8 Å². The average Bonchev–Trinajstić information content (AvgIpc) is 2.98. The Balaban J connectivity index is 2.16. The molecule has 0 amide bonds. The van der Waals surface area contributed by atoms with Crippen LogP contribution in [0, 0.1) is 0 Å². The van der Waals surface area contributed by atoms with Crippen LogP contribution in [0.25, 0.3) is 0 Å². The maximum absolute atomic E-state index is 13.1. The first-order valence-electron chi connectivity index (χ1n) is 16.8. The van der Waals surface area contributed by atoms with Gasteiger partial charge in [0.05, 0.1) is 31.2 Å². The molecule has 0 saturated carbocycles. The fourth-order valence-electron chi connectivity index (χ4n) is 5.71. The first-order valence-corrected chi connectivity index (χ1v) is 16.8. The lowest BCUT2D eigenvalue weighted by molar-refractivity contribution is -0.366. The standard InChI is InChI=1S/C32H58O13/c1-5-7-9-11-13-15-21(17-23(33)34)43-24(35)18-22(16-14-12-10-8-6-2)44-32-30(28(39)26(37)20(4)42-32)45-31-29(40)27(38)25(36)19(3)41-31/h19-22,25-32,36-40H,5-18H2,1-4H3,(H,33,34)/t19-,20-,21-,22-,25-,26-,27+,28+,29+,30+,31-,32-/m0/s1. The normalized spacial score (nSPS) is 33.4. The van der Waals surface area contributed by atoms with Gasteiger partial charge in [-0.1, -0.05) is 71.6 Å². The molecule has 0 aliphatic carbocycles. The van der Waals surface area contributed by atoms with E-state index in [0.717, 1.165) is 64.2 Å². The van der Waals surface area contributed by atoms with Gasteiger partial charge in [-0.2, -0.15) is 0 Å². The summed E-state index contributed by atoms with van der Waals surface area (Å²) in [5, 5.41) is 61.7. The van der Waals surface area contributed by atoms with Crippen molar-refractivity contribution in [2.75, 3.05) is 0 Å². The Morgan fingerprint density at radius 2 is 1.16 bits per heavy atom. The van der Waals surface area contributed by atoms with Gasteiger partial charge in [-0.3, -0.25) is 9.59 Å². The van der Waals surface area contributed by atoms with Crippen LogP contribution in [0.5, 0.6) is 0 Å². The van der Waals surface area contributed by atoms with Gasteiger partial charge in [-0.15, -0.1) is 0 Å². The van der Waals surface area contributed by atoms with Gasteiger partial charge in [-0.25, -0.2) is 0 Å². The minimum atomic E-state index is -1.67. The third-order valence-electron chi connectivity index (χ3n) is 8.56. The number of carbonyl (C=O) groups excluding carboxylic acids is 1. The number of hydrogen-bond acceptors (Lipinski definition) is 12. The SMILES string of the molecule is CCCCCCC[C@@H](CC(=O)O)OC(=O)C[C@H](CCCCCCC)O[C@@H]1O[C@@H](C)[C@H](O)[C@@H](O)[C@H]1O[C@@H]1O[C@@H](C)[C@H](O)[C@@H](O)[C@H]1O. The van der Waals surface area contributed by atoms with Gasteiger partial charge in [0.25, 0.3) is 0 Å². The minimum Gasteiger partial charge on any atom is -0.481 e. The monoisotopic (exact) mass is 650 g/mol. The number of ether oxygens (including phenoxy) is 5. The van der Waals surface area contributed by atoms with Crippen LogP contribution in [-0.4, -0.2) is 116 Å². The summed E-state index contributed by atoms with van der Waals surface area (Å²) in [6, 6.07) is 0. The van der Waals surface area contributed by atoms with Crippen molar-refractivity contribution in [2.24, 2.45) is 0 Å². The zero-order chi connectivity index (χ0) is 33.5. The van der Waals surface area contributed by atoms with Crippen molar-refractivity contribution in [2.45, 2.75) is 191 Å². The fraction of sp³-hybridized carbons (Fsp3) is 0.938. The molecule has 2 fully saturated rings. The molecule has 0 spiro atoms. The van der Waals surface area contributed by atoms with E-state index < -0.39 is 85.6 Å². The average molecular weight is 651 g/mol. The minimum absolute atomic E-state index is 0.205. The number of unbranched alkanes of at least 4 members (excludes halogenated alkanes) is 8. The van der Waals surface area contributed by atoms with Crippen molar-refractivity contribution in [3.8, 4) is 0 Å². The van der Waals surface area contributed by atoms with Crippen molar-refractivity contribution in [3.05, 3.63) is 0 Å². The smallest absolute Gasteiger partial charge is 0.308 e. The summed E-state index contributed by atoms with van der Waals surface area (Å²) >= 11 is 0. The molecular weight excluding hydrogens is 592 g/mol. The Kier molecular flexibility index (Phi) is 18.3. The van der Waals surface area contributed by atoms with Crippen LogP contribution >= 0.6 is 0 Å². The molecule has 6 N–H and O–H groups in total. The summed E-state index contributed by atoms with van der Waals surface area (Å²) in [5.41, 5.74) is 0. The predicted molar refractivity (Wildman–Crippen MR) is 162 cm³/mol. The number of carbonyl (C=O) groups is 2. The van der Waals surface area contributed by atoms with Gasteiger partial charge in [0.1, 0.15) is 42.7 Å². The van der Waals surface area contributed by atoms with Crippen molar-refractivity contribution in [1.82, 2.24) is 0 Å². The van der Waals surface area contributed by atoms with Crippen molar-refractivity contribution < 1.29 is 63.9 Å². The highest BCUT2D eigenvalue weighted by Gasteiger charge is 2.50. The number of hydrogen-bond donors (Lipinski definition) is 6. The molecule has 12 atom stereocenters. The number of carboxylic acid groups (broad SMARTS) is 1. The number of aliphatic hydroxyl groups excluding tert-OH is 5. The molecule has 0 bridgehead atoms. The van der Waals surface area contributed by atoms with Gasteiger partial charge >= 0.3 is 11.9 Å². The number of aliphatic carboxylic acids is 1. The number of rotatable bonds is 21. The highest BCUT2D eigenvalue weighted by atomic mass is 16.8. The largest absolute Gasteiger partial charge is 0.481 e. The lowest BCUT2D eigenvalue weighted by Crippen LogP contribution is -2.63.